The van der Waals surface area contributed by atoms with Crippen molar-refractivity contribution in [2.45, 2.75) is 11.8 Å². The summed E-state index contributed by atoms with van der Waals surface area (Å²) in [5.41, 5.74) is -0.494. The summed E-state index contributed by atoms with van der Waals surface area (Å²) < 4.78 is 63.7. The third kappa shape index (κ3) is 2.95. The van der Waals surface area contributed by atoms with Crippen LogP contribution >= 0.6 is 0 Å². The van der Waals surface area contributed by atoms with Crippen molar-refractivity contribution in [1.29, 1.82) is 0 Å². The highest BCUT2D eigenvalue weighted by Gasteiger charge is 2.24. The summed E-state index contributed by atoms with van der Waals surface area (Å²) in [6.45, 7) is 1.43. The molecule has 120 valence electrons. The van der Waals surface area contributed by atoms with E-state index in [2.05, 4.69) is 5.16 Å². The molecule has 1 aromatic carbocycles. The minimum Gasteiger partial charge on any atom is -0.456 e. The van der Waals surface area contributed by atoms with Crippen LogP contribution in [0.2, 0.25) is 0 Å². The molecule has 0 bridgehead atoms. The second-order valence-electron chi connectivity index (χ2n) is 4.64. The number of anilines is 1. The van der Waals surface area contributed by atoms with Crippen LogP contribution in [0.15, 0.2) is 50.4 Å². The monoisotopic (exact) mass is 340 g/mol. The molecular formula is C14H10F2N2O4S. The topological polar surface area (TPSA) is 85.3 Å². The number of halogens is 2. The molecule has 0 amide bonds. The molecule has 23 heavy (non-hydrogen) atoms. The molecule has 9 heteroatoms. The number of hydrogen-bond acceptors (Lipinski definition) is 5. The number of nitrogens with zero attached hydrogens (tertiary/aromatic N) is 1. The summed E-state index contributed by atoms with van der Waals surface area (Å²) >= 11 is 0. The van der Waals surface area contributed by atoms with Gasteiger partial charge in [0.1, 0.15) is 22.3 Å². The van der Waals surface area contributed by atoms with Crippen LogP contribution in [0, 0.1) is 18.6 Å². The molecule has 1 N–H and O–H groups in total. The SMILES string of the molecule is Cc1oc(-c2ccno2)cc1S(=O)(=O)Nc1cc(F)ccc1F. The van der Waals surface area contributed by atoms with Crippen LogP contribution in [0.3, 0.4) is 0 Å². The van der Waals surface area contributed by atoms with Crippen molar-refractivity contribution >= 4 is 15.7 Å². The smallest absolute Gasteiger partial charge is 0.265 e. The fourth-order valence-electron chi connectivity index (χ4n) is 1.97. The maximum absolute atomic E-state index is 13.6. The Morgan fingerprint density at radius 2 is 1.91 bits per heavy atom. The molecule has 0 saturated heterocycles. The zero-order valence-electron chi connectivity index (χ0n) is 11.7. The summed E-state index contributed by atoms with van der Waals surface area (Å²) in [4.78, 5) is -0.215. The van der Waals surface area contributed by atoms with Crippen LogP contribution in [0.5, 0.6) is 0 Å². The fraction of sp³-hybridized carbons (Fsp3) is 0.0714. The molecule has 0 aliphatic heterocycles. The Morgan fingerprint density at radius 1 is 1.13 bits per heavy atom. The second-order valence-corrected chi connectivity index (χ2v) is 6.29. The Bertz CT molecular complexity index is 949. The van der Waals surface area contributed by atoms with Gasteiger partial charge in [0.2, 0.25) is 5.76 Å². The highest BCUT2D eigenvalue weighted by molar-refractivity contribution is 7.92. The molecule has 0 aliphatic rings. The molecule has 0 spiro atoms. The van der Waals surface area contributed by atoms with E-state index in [9.17, 15) is 17.2 Å². The van der Waals surface area contributed by atoms with Crippen molar-refractivity contribution in [2.75, 3.05) is 4.72 Å². The fourth-order valence-corrected chi connectivity index (χ4v) is 3.21. The minimum absolute atomic E-state index is 0.0701. The van der Waals surface area contributed by atoms with Crippen LogP contribution in [0.25, 0.3) is 11.5 Å². The van der Waals surface area contributed by atoms with Gasteiger partial charge in [0.25, 0.3) is 10.0 Å². The minimum atomic E-state index is -4.17. The quantitative estimate of drug-likeness (QED) is 0.787. The van der Waals surface area contributed by atoms with Crippen LogP contribution in [0.1, 0.15) is 5.76 Å². The van der Waals surface area contributed by atoms with E-state index in [-0.39, 0.29) is 22.2 Å². The van der Waals surface area contributed by atoms with Crippen LogP contribution in [0.4, 0.5) is 14.5 Å². The molecule has 0 unspecified atom stereocenters. The summed E-state index contributed by atoms with van der Waals surface area (Å²) in [7, 11) is -4.17. The Labute approximate surface area is 129 Å². The van der Waals surface area contributed by atoms with E-state index in [1.165, 1.54) is 25.3 Å². The Kier molecular flexibility index (Phi) is 3.64. The molecule has 0 atom stereocenters. The van der Waals surface area contributed by atoms with E-state index < -0.39 is 27.3 Å². The Hall–Kier alpha value is -2.68. The lowest BCUT2D eigenvalue weighted by Crippen LogP contribution is -2.14. The van der Waals surface area contributed by atoms with Crippen LogP contribution in [-0.4, -0.2) is 13.6 Å². The standard InChI is InChI=1S/C14H10F2N2O4S/c1-8-14(7-13(21-8)12-4-5-17-22-12)23(19,20)18-11-6-9(15)2-3-10(11)16/h2-7,18H,1H3. The van der Waals surface area contributed by atoms with Gasteiger partial charge < -0.3 is 8.94 Å². The summed E-state index contributed by atoms with van der Waals surface area (Å²) in [6, 6.07) is 5.18. The van der Waals surface area contributed by atoms with Crippen LogP contribution < -0.4 is 4.72 Å². The molecule has 0 aliphatic carbocycles. The number of benzene rings is 1. The largest absolute Gasteiger partial charge is 0.456 e. The van der Waals surface area contributed by atoms with Crippen molar-refractivity contribution in [3.8, 4) is 11.5 Å². The van der Waals surface area contributed by atoms with Gasteiger partial charge in [-0.3, -0.25) is 4.72 Å². The highest BCUT2D eigenvalue weighted by atomic mass is 32.2. The summed E-state index contributed by atoms with van der Waals surface area (Å²) in [5.74, 6) is -1.20. The van der Waals surface area contributed by atoms with E-state index in [4.69, 9.17) is 8.94 Å². The van der Waals surface area contributed by atoms with Gasteiger partial charge in [-0.05, 0) is 19.1 Å². The molecule has 3 rings (SSSR count). The first-order valence-electron chi connectivity index (χ1n) is 6.36. The van der Waals surface area contributed by atoms with Gasteiger partial charge in [-0.15, -0.1) is 0 Å². The summed E-state index contributed by atoms with van der Waals surface area (Å²) in [6.07, 6.45) is 1.38. The molecule has 2 heterocycles. The van der Waals surface area contributed by atoms with Crippen LogP contribution in [-0.2, 0) is 10.0 Å². The molecule has 3 aromatic rings. The van der Waals surface area contributed by atoms with Crippen molar-refractivity contribution in [2.24, 2.45) is 0 Å². The number of aryl methyl sites for hydroxylation is 1. The maximum atomic E-state index is 13.6. The second kappa shape index (κ2) is 5.51. The third-order valence-corrected chi connectivity index (χ3v) is 4.49. The van der Waals surface area contributed by atoms with Crippen molar-refractivity contribution in [3.63, 3.8) is 0 Å². The predicted octanol–water partition coefficient (Wildman–Crippen LogP) is 3.32. The van der Waals surface area contributed by atoms with E-state index in [1.807, 2.05) is 4.72 Å². The molecule has 0 fully saturated rings. The van der Waals surface area contributed by atoms with E-state index in [0.717, 1.165) is 18.2 Å². The Balaban J connectivity index is 1.98. The molecule has 0 saturated carbocycles. The van der Waals surface area contributed by atoms with Gasteiger partial charge in [-0.1, -0.05) is 5.16 Å². The van der Waals surface area contributed by atoms with Crippen molar-refractivity contribution in [3.05, 3.63) is 53.9 Å². The number of furan rings is 1. The van der Waals surface area contributed by atoms with Gasteiger partial charge in [0, 0.05) is 18.2 Å². The van der Waals surface area contributed by atoms with E-state index in [0.29, 0.717) is 0 Å². The zero-order chi connectivity index (χ0) is 16.6. The normalized spacial score (nSPS) is 11.6. The lowest BCUT2D eigenvalue weighted by atomic mass is 10.3. The Morgan fingerprint density at radius 3 is 2.61 bits per heavy atom. The average molecular weight is 340 g/mol. The summed E-state index contributed by atoms with van der Waals surface area (Å²) in [5, 5.41) is 3.50. The van der Waals surface area contributed by atoms with Gasteiger partial charge in [-0.2, -0.15) is 0 Å². The van der Waals surface area contributed by atoms with Crippen molar-refractivity contribution in [1.82, 2.24) is 5.16 Å². The zero-order valence-corrected chi connectivity index (χ0v) is 12.5. The first-order chi connectivity index (χ1) is 10.9. The van der Waals surface area contributed by atoms with E-state index in [1.54, 1.807) is 0 Å². The van der Waals surface area contributed by atoms with Crippen molar-refractivity contribution < 1.29 is 26.1 Å². The number of rotatable bonds is 4. The number of aromatic nitrogens is 1. The maximum Gasteiger partial charge on any atom is 0.265 e. The number of sulfonamides is 1. The van der Waals surface area contributed by atoms with Gasteiger partial charge in [0.15, 0.2) is 5.76 Å². The lowest BCUT2D eigenvalue weighted by Gasteiger charge is -2.07. The molecule has 6 nitrogen and oxygen atoms in total. The van der Waals surface area contributed by atoms with Gasteiger partial charge in [0.05, 0.1) is 11.9 Å². The predicted molar refractivity (Wildman–Crippen MR) is 76.1 cm³/mol. The molecular weight excluding hydrogens is 330 g/mol. The number of hydrogen-bond donors (Lipinski definition) is 1. The van der Waals surface area contributed by atoms with Gasteiger partial charge >= 0.3 is 0 Å². The third-order valence-electron chi connectivity index (χ3n) is 3.02. The van der Waals surface area contributed by atoms with E-state index >= 15 is 0 Å². The molecule has 2 aromatic heterocycles. The average Bonchev–Trinajstić information content (AvgIpc) is 3.11. The first-order valence-corrected chi connectivity index (χ1v) is 7.84. The lowest BCUT2D eigenvalue weighted by molar-refractivity contribution is 0.414. The van der Waals surface area contributed by atoms with Gasteiger partial charge in [-0.25, -0.2) is 17.2 Å². The number of nitrogens with one attached hydrogen (secondary N) is 1. The first kappa shape index (κ1) is 15.2. The highest BCUT2D eigenvalue weighted by Crippen LogP contribution is 2.29. The molecule has 0 radical (unpaired) electrons.